The number of fused-ring (bicyclic) bond motifs is 2. The summed E-state index contributed by atoms with van der Waals surface area (Å²) >= 11 is 0. The second-order valence-corrected chi connectivity index (χ2v) is 3.85. The highest BCUT2D eigenvalue weighted by Gasteiger charge is 2.41. The Kier molecular flexibility index (Phi) is 1.15. The molecule has 0 N–H and O–H groups in total. The lowest BCUT2D eigenvalue weighted by Gasteiger charge is -2.39. The molecule has 0 aromatic rings. The third-order valence-electron chi connectivity index (χ3n) is 2.86. The molecular formula is C10H12O. The zero-order valence-electron chi connectivity index (χ0n) is 6.76. The number of carbonyl (C=O) groups excluding carboxylic acids is 1. The highest BCUT2D eigenvalue weighted by atomic mass is 16.1. The molecule has 1 fully saturated rings. The van der Waals surface area contributed by atoms with E-state index in [-0.39, 0.29) is 5.41 Å². The summed E-state index contributed by atoms with van der Waals surface area (Å²) in [6.07, 6.45) is 5.74. The average molecular weight is 148 g/mol. The first kappa shape index (κ1) is 6.84. The van der Waals surface area contributed by atoms with Gasteiger partial charge in [-0.05, 0) is 13.3 Å². The van der Waals surface area contributed by atoms with Crippen molar-refractivity contribution in [2.45, 2.75) is 19.8 Å². The number of hydrogen-bond donors (Lipinski definition) is 0. The van der Waals surface area contributed by atoms with Crippen molar-refractivity contribution in [1.29, 1.82) is 0 Å². The molecule has 0 aliphatic heterocycles. The Labute approximate surface area is 66.8 Å². The predicted octanol–water partition coefficient (Wildman–Crippen LogP) is 2.10. The van der Waals surface area contributed by atoms with E-state index in [4.69, 9.17) is 0 Å². The van der Waals surface area contributed by atoms with Crippen molar-refractivity contribution < 1.29 is 4.79 Å². The molecule has 3 rings (SSSR count). The van der Waals surface area contributed by atoms with Crippen LogP contribution in [0.25, 0.3) is 0 Å². The smallest absolute Gasteiger partial charge is 0.143 e. The van der Waals surface area contributed by atoms with E-state index in [0.717, 1.165) is 6.42 Å². The molecule has 0 aromatic carbocycles. The summed E-state index contributed by atoms with van der Waals surface area (Å²) in [7, 11) is 0. The Bertz CT molecular complexity index is 262. The lowest BCUT2D eigenvalue weighted by Crippen LogP contribution is -2.37. The van der Waals surface area contributed by atoms with E-state index < -0.39 is 0 Å². The Morgan fingerprint density at radius 2 is 2.45 bits per heavy atom. The summed E-state index contributed by atoms with van der Waals surface area (Å²) in [5.41, 5.74) is 1.03. The van der Waals surface area contributed by atoms with E-state index in [0.29, 0.717) is 18.1 Å². The molecule has 11 heavy (non-hydrogen) atoms. The molecule has 2 atom stereocenters. The molecule has 2 bridgehead atoms. The SMILES string of the molecule is C=C1CC2(C)C=CC1CC2=O. The molecule has 0 aromatic heterocycles. The Hall–Kier alpha value is -0.850. The minimum absolute atomic E-state index is 0.203. The molecule has 0 saturated heterocycles. The second kappa shape index (κ2) is 1.84. The molecule has 0 radical (unpaired) electrons. The van der Waals surface area contributed by atoms with Gasteiger partial charge in [-0.15, -0.1) is 0 Å². The number of carbonyl (C=O) groups is 1. The number of allylic oxidation sites excluding steroid dienone is 3. The van der Waals surface area contributed by atoms with Crippen molar-refractivity contribution >= 4 is 5.78 Å². The van der Waals surface area contributed by atoms with Gasteiger partial charge in [-0.25, -0.2) is 0 Å². The zero-order valence-corrected chi connectivity index (χ0v) is 6.76. The molecule has 2 unspecified atom stereocenters. The van der Waals surface area contributed by atoms with Gasteiger partial charge in [0.2, 0.25) is 0 Å². The zero-order chi connectivity index (χ0) is 8.06. The second-order valence-electron chi connectivity index (χ2n) is 3.85. The van der Waals surface area contributed by atoms with Crippen molar-refractivity contribution in [3.05, 3.63) is 24.3 Å². The van der Waals surface area contributed by atoms with E-state index in [1.807, 2.05) is 6.92 Å². The summed E-state index contributed by atoms with van der Waals surface area (Å²) in [5, 5.41) is 0. The molecule has 58 valence electrons. The van der Waals surface area contributed by atoms with Crippen molar-refractivity contribution in [1.82, 2.24) is 0 Å². The normalized spacial score (nSPS) is 41.7. The van der Waals surface area contributed by atoms with Gasteiger partial charge in [-0.2, -0.15) is 0 Å². The van der Waals surface area contributed by atoms with Gasteiger partial charge in [-0.3, -0.25) is 4.79 Å². The van der Waals surface area contributed by atoms with Crippen molar-refractivity contribution in [2.24, 2.45) is 11.3 Å². The number of rotatable bonds is 0. The standard InChI is InChI=1S/C10H12O/c1-7-6-10(2)4-3-8(7)5-9(10)11/h3-4,8H,1,5-6H2,2H3. The third kappa shape index (κ3) is 0.802. The molecule has 0 heterocycles. The fourth-order valence-corrected chi connectivity index (χ4v) is 1.96. The van der Waals surface area contributed by atoms with Crippen LogP contribution in [0.1, 0.15) is 19.8 Å². The maximum Gasteiger partial charge on any atom is 0.143 e. The van der Waals surface area contributed by atoms with E-state index in [1.165, 1.54) is 5.57 Å². The lowest BCUT2D eigenvalue weighted by molar-refractivity contribution is -0.128. The Balaban J connectivity index is 2.46. The van der Waals surface area contributed by atoms with Gasteiger partial charge in [-0.1, -0.05) is 24.3 Å². The molecule has 0 amide bonds. The van der Waals surface area contributed by atoms with E-state index >= 15 is 0 Å². The van der Waals surface area contributed by atoms with Crippen LogP contribution in [0.4, 0.5) is 0 Å². The highest BCUT2D eigenvalue weighted by molar-refractivity contribution is 5.90. The minimum Gasteiger partial charge on any atom is -0.299 e. The highest BCUT2D eigenvalue weighted by Crippen LogP contribution is 2.44. The van der Waals surface area contributed by atoms with Crippen LogP contribution in [0.2, 0.25) is 0 Å². The van der Waals surface area contributed by atoms with Crippen molar-refractivity contribution in [3.63, 3.8) is 0 Å². The number of hydrogen-bond acceptors (Lipinski definition) is 1. The van der Waals surface area contributed by atoms with Crippen LogP contribution in [0.15, 0.2) is 24.3 Å². The lowest BCUT2D eigenvalue weighted by atomic mass is 9.64. The Morgan fingerprint density at radius 3 is 2.82 bits per heavy atom. The van der Waals surface area contributed by atoms with Crippen LogP contribution in [-0.4, -0.2) is 5.78 Å². The number of Topliss-reactive ketones (excluding diaryl/α,β-unsaturated/α-hetero) is 1. The quantitative estimate of drug-likeness (QED) is 0.481. The largest absolute Gasteiger partial charge is 0.299 e. The maximum absolute atomic E-state index is 11.4. The van der Waals surface area contributed by atoms with Gasteiger partial charge in [0.05, 0.1) is 0 Å². The molecule has 3 aliphatic rings. The first-order valence-corrected chi connectivity index (χ1v) is 4.02. The van der Waals surface area contributed by atoms with Crippen LogP contribution in [0.3, 0.4) is 0 Å². The fourth-order valence-electron chi connectivity index (χ4n) is 1.96. The van der Waals surface area contributed by atoms with E-state index in [2.05, 4.69) is 18.7 Å². The topological polar surface area (TPSA) is 17.1 Å². The molecule has 1 nitrogen and oxygen atoms in total. The molecule has 0 spiro atoms. The fraction of sp³-hybridized carbons (Fsp3) is 0.500. The Morgan fingerprint density at radius 1 is 1.73 bits per heavy atom. The van der Waals surface area contributed by atoms with Crippen molar-refractivity contribution in [3.8, 4) is 0 Å². The van der Waals surface area contributed by atoms with Crippen LogP contribution in [0, 0.1) is 11.3 Å². The van der Waals surface area contributed by atoms with Crippen LogP contribution < -0.4 is 0 Å². The summed E-state index contributed by atoms with van der Waals surface area (Å²) in [6, 6.07) is 0. The van der Waals surface area contributed by atoms with Gasteiger partial charge >= 0.3 is 0 Å². The molecule has 1 heteroatoms. The molecule has 1 saturated carbocycles. The van der Waals surface area contributed by atoms with Gasteiger partial charge in [0.25, 0.3) is 0 Å². The van der Waals surface area contributed by atoms with Crippen molar-refractivity contribution in [2.75, 3.05) is 0 Å². The van der Waals surface area contributed by atoms with Gasteiger partial charge < -0.3 is 0 Å². The van der Waals surface area contributed by atoms with Gasteiger partial charge in [0.1, 0.15) is 5.78 Å². The summed E-state index contributed by atoms with van der Waals surface area (Å²) < 4.78 is 0. The van der Waals surface area contributed by atoms with Crippen LogP contribution >= 0.6 is 0 Å². The van der Waals surface area contributed by atoms with E-state index in [9.17, 15) is 4.79 Å². The minimum atomic E-state index is -0.203. The van der Waals surface area contributed by atoms with Gasteiger partial charge in [0.15, 0.2) is 0 Å². The number of ketones is 1. The maximum atomic E-state index is 11.4. The predicted molar refractivity (Wildman–Crippen MR) is 44.1 cm³/mol. The summed E-state index contributed by atoms with van der Waals surface area (Å²) in [4.78, 5) is 11.4. The van der Waals surface area contributed by atoms with Crippen LogP contribution in [0.5, 0.6) is 0 Å². The van der Waals surface area contributed by atoms with E-state index in [1.54, 1.807) is 0 Å². The summed E-state index contributed by atoms with van der Waals surface area (Å²) in [6.45, 7) is 5.98. The third-order valence-corrected chi connectivity index (χ3v) is 2.86. The average Bonchev–Trinajstić information content (AvgIpc) is 1.92. The molecule has 3 aliphatic carbocycles. The monoisotopic (exact) mass is 148 g/mol. The first-order valence-electron chi connectivity index (χ1n) is 4.02. The van der Waals surface area contributed by atoms with Gasteiger partial charge in [0, 0.05) is 17.8 Å². The molecular weight excluding hydrogens is 136 g/mol. The first-order chi connectivity index (χ1) is 5.12. The summed E-state index contributed by atoms with van der Waals surface area (Å²) in [5.74, 6) is 0.738. The van der Waals surface area contributed by atoms with Crippen LogP contribution in [-0.2, 0) is 4.79 Å².